The predicted octanol–water partition coefficient (Wildman–Crippen LogP) is 5.43. The Bertz CT molecular complexity index is 1480. The predicted molar refractivity (Wildman–Crippen MR) is 141 cm³/mol. The van der Waals surface area contributed by atoms with Crippen LogP contribution in [0.25, 0.3) is 11.0 Å². The second-order valence-corrected chi connectivity index (χ2v) is 9.82. The van der Waals surface area contributed by atoms with Gasteiger partial charge >= 0.3 is 5.97 Å². The molecule has 2 aromatic carbocycles. The van der Waals surface area contributed by atoms with Crippen LogP contribution in [0.2, 0.25) is 5.02 Å². The lowest BCUT2D eigenvalue weighted by Crippen LogP contribution is -2.33. The molecular formula is C28H28ClFN4O4. The number of pyridine rings is 1. The van der Waals surface area contributed by atoms with E-state index in [-0.39, 0.29) is 17.9 Å². The summed E-state index contributed by atoms with van der Waals surface area (Å²) < 4.78 is 27.2. The van der Waals surface area contributed by atoms with Crippen molar-refractivity contribution in [3.8, 4) is 11.6 Å². The van der Waals surface area contributed by atoms with Gasteiger partial charge in [-0.05, 0) is 56.3 Å². The van der Waals surface area contributed by atoms with Gasteiger partial charge in [-0.3, -0.25) is 4.90 Å². The molecule has 38 heavy (non-hydrogen) atoms. The number of rotatable bonds is 8. The van der Waals surface area contributed by atoms with Crippen LogP contribution in [0.4, 0.5) is 4.39 Å². The van der Waals surface area contributed by atoms with Crippen LogP contribution in [0.3, 0.4) is 0 Å². The fraction of sp³-hybridized carbons (Fsp3) is 0.321. The molecule has 2 aromatic heterocycles. The lowest BCUT2D eigenvalue weighted by molar-refractivity contribution is 0.0693. The average Bonchev–Trinajstić information content (AvgIpc) is 3.23. The van der Waals surface area contributed by atoms with Gasteiger partial charge in [0, 0.05) is 35.3 Å². The van der Waals surface area contributed by atoms with Crippen molar-refractivity contribution < 1.29 is 23.8 Å². The van der Waals surface area contributed by atoms with Crippen molar-refractivity contribution in [1.29, 1.82) is 0 Å². The number of carboxylic acid groups (broad SMARTS) is 1. The maximum absolute atomic E-state index is 14.1. The van der Waals surface area contributed by atoms with E-state index >= 15 is 0 Å². The molecular weight excluding hydrogens is 511 g/mol. The highest BCUT2D eigenvalue weighted by molar-refractivity contribution is 6.30. The molecule has 4 aromatic rings. The SMILES string of the molecule is COc1c(C(=O)O)ccc2c1nc(CN1CCC(c3cccc(OCc4ccc(Cl)cc4F)n3)CC1)n2C. The highest BCUT2D eigenvalue weighted by Crippen LogP contribution is 2.32. The lowest BCUT2D eigenvalue weighted by atomic mass is 9.93. The molecule has 0 radical (unpaired) electrons. The Balaban J connectivity index is 1.22. The highest BCUT2D eigenvalue weighted by atomic mass is 35.5. The Labute approximate surface area is 224 Å². The maximum atomic E-state index is 14.1. The Morgan fingerprint density at radius 2 is 1.95 bits per heavy atom. The van der Waals surface area contributed by atoms with E-state index in [0.717, 1.165) is 43.0 Å². The highest BCUT2D eigenvalue weighted by Gasteiger charge is 2.25. The molecule has 0 bridgehead atoms. The zero-order valence-corrected chi connectivity index (χ0v) is 21.9. The number of methoxy groups -OCH3 is 1. The molecule has 0 atom stereocenters. The number of aryl methyl sites for hydroxylation is 1. The topological polar surface area (TPSA) is 89.7 Å². The van der Waals surface area contributed by atoms with E-state index in [2.05, 4.69) is 9.88 Å². The average molecular weight is 539 g/mol. The van der Waals surface area contributed by atoms with Crippen molar-refractivity contribution in [1.82, 2.24) is 19.4 Å². The van der Waals surface area contributed by atoms with Crippen LogP contribution in [0.5, 0.6) is 11.6 Å². The summed E-state index contributed by atoms with van der Waals surface area (Å²) in [5.41, 5.74) is 2.87. The van der Waals surface area contributed by atoms with E-state index in [4.69, 9.17) is 26.1 Å². The first kappa shape index (κ1) is 25.9. The molecule has 1 aliphatic heterocycles. The first-order valence-corrected chi connectivity index (χ1v) is 12.7. The van der Waals surface area contributed by atoms with Gasteiger partial charge in [-0.15, -0.1) is 0 Å². The number of aromatic nitrogens is 3. The number of imidazole rings is 1. The molecule has 1 fully saturated rings. The normalized spacial score (nSPS) is 14.6. The Morgan fingerprint density at radius 1 is 1.16 bits per heavy atom. The summed E-state index contributed by atoms with van der Waals surface area (Å²) >= 11 is 5.83. The largest absolute Gasteiger partial charge is 0.493 e. The van der Waals surface area contributed by atoms with Gasteiger partial charge in [-0.25, -0.2) is 19.2 Å². The molecule has 8 nitrogen and oxygen atoms in total. The van der Waals surface area contributed by atoms with E-state index in [0.29, 0.717) is 34.4 Å². The van der Waals surface area contributed by atoms with Gasteiger partial charge in [0.15, 0.2) is 5.75 Å². The number of nitrogens with zero attached hydrogens (tertiary/aromatic N) is 4. The van der Waals surface area contributed by atoms with Gasteiger partial charge in [-0.2, -0.15) is 0 Å². The number of likely N-dealkylation sites (tertiary alicyclic amines) is 1. The van der Waals surface area contributed by atoms with Crippen LogP contribution in [-0.2, 0) is 20.2 Å². The molecule has 0 saturated carbocycles. The number of fused-ring (bicyclic) bond motifs is 1. The molecule has 1 N–H and O–H groups in total. The van der Waals surface area contributed by atoms with Gasteiger partial charge in [0.1, 0.15) is 29.3 Å². The van der Waals surface area contributed by atoms with Crippen molar-refractivity contribution in [3.05, 3.63) is 82.0 Å². The van der Waals surface area contributed by atoms with Gasteiger partial charge < -0.3 is 19.1 Å². The number of benzene rings is 2. The molecule has 0 amide bonds. The number of hydrogen-bond acceptors (Lipinski definition) is 6. The third kappa shape index (κ3) is 5.30. The third-order valence-corrected chi connectivity index (χ3v) is 7.28. The zero-order valence-electron chi connectivity index (χ0n) is 21.2. The Kier molecular flexibility index (Phi) is 7.49. The molecule has 5 rings (SSSR count). The van der Waals surface area contributed by atoms with E-state index in [1.165, 1.54) is 13.2 Å². The minimum atomic E-state index is -1.04. The second-order valence-electron chi connectivity index (χ2n) is 9.38. The van der Waals surface area contributed by atoms with Gasteiger partial charge in [0.05, 0.1) is 19.2 Å². The lowest BCUT2D eigenvalue weighted by Gasteiger charge is -2.31. The summed E-state index contributed by atoms with van der Waals surface area (Å²) in [6.07, 6.45) is 1.86. The zero-order chi connectivity index (χ0) is 26.8. The summed E-state index contributed by atoms with van der Waals surface area (Å²) in [4.78, 5) is 23.3. The van der Waals surface area contributed by atoms with Gasteiger partial charge in [-0.1, -0.05) is 23.7 Å². The summed E-state index contributed by atoms with van der Waals surface area (Å²) in [6, 6.07) is 13.6. The maximum Gasteiger partial charge on any atom is 0.339 e. The van der Waals surface area contributed by atoms with Crippen LogP contribution < -0.4 is 9.47 Å². The van der Waals surface area contributed by atoms with Crippen LogP contribution >= 0.6 is 11.6 Å². The van der Waals surface area contributed by atoms with E-state index < -0.39 is 11.8 Å². The number of hydrogen-bond donors (Lipinski definition) is 1. The Morgan fingerprint density at radius 3 is 2.66 bits per heavy atom. The second kappa shape index (κ2) is 11.0. The summed E-state index contributed by atoms with van der Waals surface area (Å²) in [5.74, 6) is 0.444. The van der Waals surface area contributed by atoms with Crippen LogP contribution in [-0.4, -0.2) is 50.7 Å². The number of ether oxygens (including phenoxy) is 2. The summed E-state index contributed by atoms with van der Waals surface area (Å²) in [5, 5.41) is 9.82. The fourth-order valence-corrected chi connectivity index (χ4v) is 5.07. The number of halogens is 2. The molecule has 198 valence electrons. The molecule has 1 saturated heterocycles. The molecule has 0 aliphatic carbocycles. The van der Waals surface area contributed by atoms with Crippen LogP contribution in [0.1, 0.15) is 46.2 Å². The number of carboxylic acids is 1. The summed E-state index contributed by atoms with van der Waals surface area (Å²) in [6.45, 7) is 2.46. The minimum absolute atomic E-state index is 0.0780. The van der Waals surface area contributed by atoms with Gasteiger partial charge in [0.2, 0.25) is 5.88 Å². The smallest absolute Gasteiger partial charge is 0.339 e. The summed E-state index contributed by atoms with van der Waals surface area (Å²) in [7, 11) is 3.40. The van der Waals surface area contributed by atoms with Crippen molar-refractivity contribution in [2.75, 3.05) is 20.2 Å². The van der Waals surface area contributed by atoms with E-state index in [9.17, 15) is 14.3 Å². The number of piperidine rings is 1. The quantitative estimate of drug-likeness (QED) is 0.320. The third-order valence-electron chi connectivity index (χ3n) is 7.04. The monoisotopic (exact) mass is 538 g/mol. The van der Waals surface area contributed by atoms with E-state index in [1.54, 1.807) is 30.3 Å². The number of aromatic carboxylic acids is 1. The van der Waals surface area contributed by atoms with Gasteiger partial charge in [0.25, 0.3) is 0 Å². The molecule has 1 aliphatic rings. The first-order valence-electron chi connectivity index (χ1n) is 12.4. The molecule has 0 spiro atoms. The molecule has 10 heteroatoms. The van der Waals surface area contributed by atoms with E-state index in [1.807, 2.05) is 23.7 Å². The minimum Gasteiger partial charge on any atom is -0.493 e. The standard InChI is InChI=1S/C28H28ClFN4O4/c1-33-23-9-8-20(28(35)36)27(37-2)26(23)32-24(33)15-34-12-10-17(11-13-34)22-4-3-5-25(31-22)38-16-18-6-7-19(29)14-21(18)30/h3-9,14,17H,10-13,15-16H2,1-2H3,(H,35,36). The van der Waals surface area contributed by atoms with Crippen LogP contribution in [0, 0.1) is 5.82 Å². The van der Waals surface area contributed by atoms with Crippen molar-refractivity contribution in [2.45, 2.75) is 31.9 Å². The number of carbonyl (C=O) groups is 1. The fourth-order valence-electron chi connectivity index (χ4n) is 4.91. The van der Waals surface area contributed by atoms with Crippen molar-refractivity contribution in [2.24, 2.45) is 7.05 Å². The molecule has 3 heterocycles. The van der Waals surface area contributed by atoms with Crippen molar-refractivity contribution >= 4 is 28.6 Å². The Hall–Kier alpha value is -3.69. The first-order chi connectivity index (χ1) is 18.3. The van der Waals surface area contributed by atoms with Crippen molar-refractivity contribution in [3.63, 3.8) is 0 Å². The molecule has 0 unspecified atom stereocenters. The van der Waals surface area contributed by atoms with Crippen LogP contribution in [0.15, 0.2) is 48.5 Å².